The van der Waals surface area contributed by atoms with E-state index in [-0.39, 0.29) is 16.8 Å². The van der Waals surface area contributed by atoms with Gasteiger partial charge in [-0.25, -0.2) is 13.4 Å². The van der Waals surface area contributed by atoms with Gasteiger partial charge in [0.25, 0.3) is 5.91 Å². The van der Waals surface area contributed by atoms with Crippen molar-refractivity contribution in [2.75, 3.05) is 12.0 Å². The van der Waals surface area contributed by atoms with E-state index in [0.29, 0.717) is 23.2 Å². The van der Waals surface area contributed by atoms with Gasteiger partial charge in [0.05, 0.1) is 21.0 Å². The van der Waals surface area contributed by atoms with Gasteiger partial charge in [0, 0.05) is 18.8 Å². The van der Waals surface area contributed by atoms with Crippen molar-refractivity contribution in [2.45, 2.75) is 44.2 Å². The van der Waals surface area contributed by atoms with E-state index in [1.807, 2.05) is 17.9 Å². The van der Waals surface area contributed by atoms with Gasteiger partial charge >= 0.3 is 0 Å². The predicted octanol–water partition coefficient (Wildman–Crippen LogP) is 2.86. The number of aryl methyl sites for hydroxylation is 1. The molecule has 1 aromatic carbocycles. The summed E-state index contributed by atoms with van der Waals surface area (Å²) in [7, 11) is -3.55. The molecule has 2 aliphatic rings. The third-order valence-electron chi connectivity index (χ3n) is 5.27. The number of carbonyl (C=O) groups is 1. The van der Waals surface area contributed by atoms with Gasteiger partial charge in [-0.1, -0.05) is 11.3 Å². The first-order chi connectivity index (χ1) is 12.2. The highest BCUT2D eigenvalue weighted by Crippen LogP contribution is 2.41. The van der Waals surface area contributed by atoms with Crippen molar-refractivity contribution < 1.29 is 13.2 Å². The van der Waals surface area contributed by atoms with Crippen LogP contribution in [0.15, 0.2) is 17.0 Å². The first kappa shape index (κ1) is 17.5. The second kappa shape index (κ2) is 5.79. The Bertz CT molecular complexity index is 1020. The Morgan fingerprint density at radius 1 is 1.35 bits per heavy atom. The van der Waals surface area contributed by atoms with Gasteiger partial charge in [-0.15, -0.1) is 0 Å². The maximum atomic E-state index is 13.0. The number of nitrogen functional groups attached to an aromatic ring is 1. The van der Waals surface area contributed by atoms with Crippen LogP contribution in [0.1, 0.15) is 41.4 Å². The quantitative estimate of drug-likeness (QED) is 0.865. The molecule has 1 saturated carbocycles. The smallest absolute Gasteiger partial charge is 0.256 e. The highest BCUT2D eigenvalue weighted by Gasteiger charge is 2.40. The number of thiazole rings is 1. The molecule has 1 fully saturated rings. The van der Waals surface area contributed by atoms with Gasteiger partial charge in [-0.3, -0.25) is 4.79 Å². The summed E-state index contributed by atoms with van der Waals surface area (Å²) in [6.45, 7) is 4.36. The number of sulfone groups is 1. The minimum Gasteiger partial charge on any atom is -0.375 e. The van der Waals surface area contributed by atoms with Crippen molar-refractivity contribution in [1.29, 1.82) is 0 Å². The molecule has 6 nitrogen and oxygen atoms in total. The number of rotatable bonds is 4. The molecule has 2 aromatic rings. The number of anilines is 1. The lowest BCUT2D eigenvalue weighted by Crippen LogP contribution is -2.35. The number of benzene rings is 1. The van der Waals surface area contributed by atoms with Crippen LogP contribution >= 0.6 is 11.3 Å². The maximum Gasteiger partial charge on any atom is 0.256 e. The van der Waals surface area contributed by atoms with E-state index in [1.54, 1.807) is 6.07 Å². The molecule has 0 radical (unpaired) electrons. The molecule has 1 aliphatic heterocycles. The monoisotopic (exact) mass is 391 g/mol. The molecule has 0 spiro atoms. The van der Waals surface area contributed by atoms with E-state index in [0.717, 1.165) is 40.8 Å². The summed E-state index contributed by atoms with van der Waals surface area (Å²) < 4.78 is 24.9. The van der Waals surface area contributed by atoms with Crippen LogP contribution in [-0.4, -0.2) is 36.5 Å². The molecular formula is C18H21N3O3S2. The molecule has 0 unspecified atom stereocenters. The largest absolute Gasteiger partial charge is 0.375 e. The van der Waals surface area contributed by atoms with Crippen LogP contribution in [0, 0.1) is 12.8 Å². The van der Waals surface area contributed by atoms with Crippen LogP contribution in [0.25, 0.3) is 10.4 Å². The Kier molecular flexibility index (Phi) is 3.89. The summed E-state index contributed by atoms with van der Waals surface area (Å²) in [5.74, 6) is 0.352. The van der Waals surface area contributed by atoms with Gasteiger partial charge in [0.15, 0.2) is 15.0 Å². The summed E-state index contributed by atoms with van der Waals surface area (Å²) in [4.78, 5) is 20.0. The Morgan fingerprint density at radius 3 is 2.58 bits per heavy atom. The highest BCUT2D eigenvalue weighted by molar-refractivity contribution is 7.90. The molecule has 0 bridgehead atoms. The molecule has 2 heterocycles. The minimum absolute atomic E-state index is 0.104. The van der Waals surface area contributed by atoms with Crippen molar-refractivity contribution in [2.24, 2.45) is 5.92 Å². The Morgan fingerprint density at radius 2 is 2.04 bits per heavy atom. The summed E-state index contributed by atoms with van der Waals surface area (Å²) in [6, 6.07) is 3.64. The fourth-order valence-corrected chi connectivity index (χ4v) is 5.46. The van der Waals surface area contributed by atoms with E-state index >= 15 is 0 Å². The molecule has 1 atom stereocenters. The summed E-state index contributed by atoms with van der Waals surface area (Å²) >= 11 is 1.33. The van der Waals surface area contributed by atoms with Gasteiger partial charge in [-0.05, 0) is 55.9 Å². The molecule has 0 saturated heterocycles. The summed E-state index contributed by atoms with van der Waals surface area (Å²) in [6.07, 6.45) is 3.41. The average Bonchev–Trinajstić information content (AvgIpc) is 3.27. The minimum atomic E-state index is -3.55. The topological polar surface area (TPSA) is 93.4 Å². The normalized spacial score (nSPS) is 18.3. The van der Waals surface area contributed by atoms with Crippen molar-refractivity contribution in [1.82, 2.24) is 9.88 Å². The average molecular weight is 392 g/mol. The number of nitrogens with two attached hydrogens (primary N) is 1. The van der Waals surface area contributed by atoms with Gasteiger partial charge in [-0.2, -0.15) is 0 Å². The van der Waals surface area contributed by atoms with Crippen LogP contribution in [-0.2, 0) is 16.4 Å². The van der Waals surface area contributed by atoms with Gasteiger partial charge in [0.1, 0.15) is 0 Å². The molecule has 1 aromatic heterocycles. The molecule has 1 amide bonds. The fourth-order valence-electron chi connectivity index (χ4n) is 3.71. The zero-order valence-corrected chi connectivity index (χ0v) is 16.6. The second-order valence-electron chi connectivity index (χ2n) is 7.26. The molecule has 2 N–H and O–H groups in total. The standard InChI is InChI=1S/C18H21N3O3S2/c1-9-16(25-18(19)20-9)12-6-13-8-21(10(2)11-4-5-11)17(22)15(13)14(7-12)26(3,23)24/h6-7,10-11H,4-5,8H2,1-3H3,(H2,19,20)/t10-/m0/s1. The third-order valence-corrected chi connectivity index (χ3v) is 7.43. The second-order valence-corrected chi connectivity index (χ2v) is 10.3. The molecule has 8 heteroatoms. The number of carbonyl (C=O) groups excluding carboxylic acids is 1. The lowest BCUT2D eigenvalue weighted by molar-refractivity contribution is 0.0694. The zero-order chi connectivity index (χ0) is 18.8. The van der Waals surface area contributed by atoms with Crippen molar-refractivity contribution >= 4 is 32.2 Å². The predicted molar refractivity (Wildman–Crippen MR) is 102 cm³/mol. The number of amides is 1. The fraction of sp³-hybridized carbons (Fsp3) is 0.444. The first-order valence-corrected chi connectivity index (χ1v) is 11.3. The van der Waals surface area contributed by atoms with Crippen LogP contribution < -0.4 is 5.73 Å². The van der Waals surface area contributed by atoms with Crippen LogP contribution in [0.3, 0.4) is 0 Å². The number of hydrogen-bond acceptors (Lipinski definition) is 6. The van der Waals surface area contributed by atoms with Crippen molar-refractivity contribution in [3.05, 3.63) is 29.0 Å². The molecule has 26 heavy (non-hydrogen) atoms. The Labute approximate surface area is 157 Å². The molecule has 138 valence electrons. The summed E-state index contributed by atoms with van der Waals surface area (Å²) in [5, 5.41) is 0.443. The highest BCUT2D eigenvalue weighted by atomic mass is 32.2. The van der Waals surface area contributed by atoms with Crippen LogP contribution in [0.5, 0.6) is 0 Å². The molecule has 1 aliphatic carbocycles. The first-order valence-electron chi connectivity index (χ1n) is 8.58. The van der Waals surface area contributed by atoms with Gasteiger partial charge in [0.2, 0.25) is 0 Å². The maximum absolute atomic E-state index is 13.0. The van der Waals surface area contributed by atoms with E-state index < -0.39 is 9.84 Å². The van der Waals surface area contributed by atoms with E-state index in [2.05, 4.69) is 11.9 Å². The number of hydrogen-bond donors (Lipinski definition) is 1. The lowest BCUT2D eigenvalue weighted by Gasteiger charge is -2.24. The lowest BCUT2D eigenvalue weighted by atomic mass is 10.0. The van der Waals surface area contributed by atoms with Gasteiger partial charge < -0.3 is 10.6 Å². The Balaban J connectivity index is 1.87. The van der Waals surface area contributed by atoms with Crippen LogP contribution in [0.4, 0.5) is 5.13 Å². The Hall–Kier alpha value is -1.93. The van der Waals surface area contributed by atoms with E-state index in [9.17, 15) is 13.2 Å². The number of nitrogens with zero attached hydrogens (tertiary/aromatic N) is 2. The molecular weight excluding hydrogens is 370 g/mol. The van der Waals surface area contributed by atoms with Crippen molar-refractivity contribution in [3.8, 4) is 10.4 Å². The zero-order valence-electron chi connectivity index (χ0n) is 14.9. The van der Waals surface area contributed by atoms with E-state index in [1.165, 1.54) is 11.3 Å². The van der Waals surface area contributed by atoms with Crippen LogP contribution in [0.2, 0.25) is 0 Å². The SMILES string of the molecule is Cc1nc(N)sc1-c1cc2c(c(S(C)(=O)=O)c1)C(=O)N([C@@H](C)C1CC1)C2. The van der Waals surface area contributed by atoms with E-state index in [4.69, 9.17) is 5.73 Å². The molecule has 4 rings (SSSR count). The number of fused-ring (bicyclic) bond motifs is 1. The number of aromatic nitrogens is 1. The third kappa shape index (κ3) is 2.81. The summed E-state index contributed by atoms with van der Waals surface area (Å²) in [5.41, 5.74) is 8.42. The van der Waals surface area contributed by atoms with Crippen molar-refractivity contribution in [3.63, 3.8) is 0 Å².